The minimum atomic E-state index is -0.438. The Bertz CT molecular complexity index is 731. The molecule has 0 atom stereocenters. The molecule has 1 aromatic carbocycles. The molecule has 3 rings (SSSR count). The van der Waals surface area contributed by atoms with Crippen LogP contribution in [0.15, 0.2) is 48.8 Å². The van der Waals surface area contributed by atoms with E-state index < -0.39 is 4.92 Å². The molecular formula is C16H14ClN3O2. The molecule has 1 aliphatic rings. The fourth-order valence-corrected chi connectivity index (χ4v) is 2.86. The molecule has 0 aliphatic carbocycles. The first kappa shape index (κ1) is 14.5. The summed E-state index contributed by atoms with van der Waals surface area (Å²) in [5, 5.41) is 11.2. The summed E-state index contributed by atoms with van der Waals surface area (Å²) in [6.45, 7) is 1.54. The lowest BCUT2D eigenvalue weighted by atomic mass is 10.0. The van der Waals surface area contributed by atoms with Gasteiger partial charge in [-0.2, -0.15) is 0 Å². The van der Waals surface area contributed by atoms with E-state index in [1.807, 2.05) is 18.3 Å². The van der Waals surface area contributed by atoms with Crippen LogP contribution in [0.1, 0.15) is 12.0 Å². The monoisotopic (exact) mass is 315 g/mol. The highest BCUT2D eigenvalue weighted by atomic mass is 35.5. The summed E-state index contributed by atoms with van der Waals surface area (Å²) in [5.74, 6) is 0. The first-order valence-corrected chi connectivity index (χ1v) is 7.31. The van der Waals surface area contributed by atoms with Gasteiger partial charge in [-0.25, -0.2) is 0 Å². The molecule has 0 amide bonds. The molecule has 0 saturated heterocycles. The van der Waals surface area contributed by atoms with E-state index in [0.29, 0.717) is 5.02 Å². The summed E-state index contributed by atoms with van der Waals surface area (Å²) in [6, 6.07) is 8.57. The van der Waals surface area contributed by atoms with E-state index in [0.717, 1.165) is 30.8 Å². The van der Waals surface area contributed by atoms with Crippen LogP contribution < -0.4 is 4.90 Å². The third-order valence-corrected chi connectivity index (χ3v) is 4.03. The van der Waals surface area contributed by atoms with Gasteiger partial charge in [-0.15, -0.1) is 0 Å². The van der Waals surface area contributed by atoms with Crippen molar-refractivity contribution in [2.24, 2.45) is 0 Å². The number of non-ortho nitro benzene ring substituents is 1. The molecule has 0 saturated carbocycles. The summed E-state index contributed by atoms with van der Waals surface area (Å²) in [7, 11) is 0. The Balaban J connectivity index is 1.79. The van der Waals surface area contributed by atoms with E-state index in [-0.39, 0.29) is 5.69 Å². The lowest BCUT2D eigenvalue weighted by molar-refractivity contribution is -0.384. The maximum atomic E-state index is 10.8. The Kier molecular flexibility index (Phi) is 4.06. The van der Waals surface area contributed by atoms with Crippen molar-refractivity contribution in [3.8, 4) is 0 Å². The number of benzene rings is 1. The van der Waals surface area contributed by atoms with Crippen molar-refractivity contribution in [3.63, 3.8) is 0 Å². The Morgan fingerprint density at radius 3 is 2.77 bits per heavy atom. The molecule has 0 unspecified atom stereocenters. The van der Waals surface area contributed by atoms with Crippen molar-refractivity contribution in [1.82, 2.24) is 4.98 Å². The average Bonchev–Trinajstić information content (AvgIpc) is 2.56. The second kappa shape index (κ2) is 6.15. The van der Waals surface area contributed by atoms with Gasteiger partial charge in [-0.3, -0.25) is 15.1 Å². The number of pyridine rings is 1. The van der Waals surface area contributed by atoms with Gasteiger partial charge in [-0.1, -0.05) is 23.7 Å². The van der Waals surface area contributed by atoms with Gasteiger partial charge in [-0.05, 0) is 29.7 Å². The van der Waals surface area contributed by atoms with Crippen LogP contribution in [-0.2, 0) is 0 Å². The zero-order valence-electron chi connectivity index (χ0n) is 11.8. The predicted octanol–water partition coefficient (Wildman–Crippen LogP) is 3.94. The van der Waals surface area contributed by atoms with Crippen molar-refractivity contribution in [2.75, 3.05) is 18.0 Å². The summed E-state index contributed by atoms with van der Waals surface area (Å²) in [4.78, 5) is 16.6. The number of hydrogen-bond donors (Lipinski definition) is 0. The summed E-state index contributed by atoms with van der Waals surface area (Å²) >= 11 is 6.18. The highest BCUT2D eigenvalue weighted by Crippen LogP contribution is 2.32. The third kappa shape index (κ3) is 2.94. The predicted molar refractivity (Wildman–Crippen MR) is 87.2 cm³/mol. The molecule has 0 spiro atoms. The Hall–Kier alpha value is -2.40. The van der Waals surface area contributed by atoms with Crippen LogP contribution in [0.3, 0.4) is 0 Å². The molecule has 5 nitrogen and oxygen atoms in total. The molecule has 0 bridgehead atoms. The first-order valence-electron chi connectivity index (χ1n) is 6.93. The van der Waals surface area contributed by atoms with Gasteiger partial charge >= 0.3 is 0 Å². The van der Waals surface area contributed by atoms with Crippen LogP contribution in [-0.4, -0.2) is 23.0 Å². The smallest absolute Gasteiger partial charge is 0.271 e. The highest BCUT2D eigenvalue weighted by molar-refractivity contribution is 6.33. The van der Waals surface area contributed by atoms with Gasteiger partial charge in [0, 0.05) is 37.6 Å². The molecule has 1 aromatic heterocycles. The molecular weight excluding hydrogens is 302 g/mol. The number of nitrogens with zero attached hydrogens (tertiary/aromatic N) is 3. The van der Waals surface area contributed by atoms with Crippen molar-refractivity contribution in [1.29, 1.82) is 0 Å². The molecule has 0 fully saturated rings. The normalized spacial score (nSPS) is 14.6. The van der Waals surface area contributed by atoms with Gasteiger partial charge in [0.15, 0.2) is 0 Å². The highest BCUT2D eigenvalue weighted by Gasteiger charge is 2.17. The fourth-order valence-electron chi connectivity index (χ4n) is 2.57. The van der Waals surface area contributed by atoms with Gasteiger partial charge in [0.2, 0.25) is 0 Å². The van der Waals surface area contributed by atoms with E-state index in [2.05, 4.69) is 16.0 Å². The number of nitro groups is 1. The summed E-state index contributed by atoms with van der Waals surface area (Å²) in [5.41, 5.74) is 3.24. The molecule has 1 aliphatic heterocycles. The van der Waals surface area contributed by atoms with Crippen molar-refractivity contribution in [2.45, 2.75) is 6.42 Å². The van der Waals surface area contributed by atoms with Gasteiger partial charge in [0.1, 0.15) is 0 Å². The molecule has 0 radical (unpaired) electrons. The van der Waals surface area contributed by atoms with E-state index in [1.54, 1.807) is 12.3 Å². The Morgan fingerprint density at radius 1 is 1.32 bits per heavy atom. The van der Waals surface area contributed by atoms with Gasteiger partial charge in [0.25, 0.3) is 5.69 Å². The van der Waals surface area contributed by atoms with Crippen LogP contribution in [0, 0.1) is 10.1 Å². The number of nitro benzene ring substituents is 1. The minimum Gasteiger partial charge on any atom is -0.366 e. The standard InChI is InChI=1S/C16H14ClN3O2/c17-15-10-14(20(21)22)3-4-16(15)19-8-5-12(6-9-19)13-2-1-7-18-11-13/h1-5,7,10-11H,6,8-9H2. The van der Waals surface area contributed by atoms with Crippen molar-refractivity contribution >= 4 is 28.5 Å². The van der Waals surface area contributed by atoms with Crippen LogP contribution in [0.5, 0.6) is 0 Å². The molecule has 112 valence electrons. The molecule has 2 aromatic rings. The number of halogens is 1. The SMILES string of the molecule is O=[N+]([O-])c1ccc(N2CC=C(c3cccnc3)CC2)c(Cl)c1. The quantitative estimate of drug-likeness (QED) is 0.636. The summed E-state index contributed by atoms with van der Waals surface area (Å²) < 4.78 is 0. The third-order valence-electron chi connectivity index (χ3n) is 3.72. The van der Waals surface area contributed by atoms with Crippen LogP contribution in [0.4, 0.5) is 11.4 Å². The number of hydrogen-bond acceptors (Lipinski definition) is 4. The van der Waals surface area contributed by atoms with Crippen molar-refractivity contribution < 1.29 is 4.92 Å². The number of anilines is 1. The zero-order valence-corrected chi connectivity index (χ0v) is 12.5. The van der Waals surface area contributed by atoms with Gasteiger partial charge in [0.05, 0.1) is 15.6 Å². The molecule has 2 heterocycles. The zero-order chi connectivity index (χ0) is 15.5. The maximum absolute atomic E-state index is 10.8. The van der Waals surface area contributed by atoms with E-state index in [9.17, 15) is 10.1 Å². The summed E-state index contributed by atoms with van der Waals surface area (Å²) in [6.07, 6.45) is 6.66. The second-order valence-electron chi connectivity index (χ2n) is 5.06. The second-order valence-corrected chi connectivity index (χ2v) is 5.47. The number of aromatic nitrogens is 1. The molecule has 6 heteroatoms. The van der Waals surface area contributed by atoms with Crippen LogP contribution >= 0.6 is 11.6 Å². The van der Waals surface area contributed by atoms with Gasteiger partial charge < -0.3 is 4.90 Å². The molecule has 22 heavy (non-hydrogen) atoms. The minimum absolute atomic E-state index is 0.0114. The maximum Gasteiger partial charge on any atom is 0.271 e. The van der Waals surface area contributed by atoms with Crippen LogP contribution in [0.2, 0.25) is 5.02 Å². The largest absolute Gasteiger partial charge is 0.366 e. The first-order chi connectivity index (χ1) is 10.6. The lowest BCUT2D eigenvalue weighted by Crippen LogP contribution is -2.28. The van der Waals surface area contributed by atoms with E-state index in [1.165, 1.54) is 17.7 Å². The van der Waals surface area contributed by atoms with E-state index in [4.69, 9.17) is 11.6 Å². The Labute approximate surface area is 133 Å². The average molecular weight is 316 g/mol. The topological polar surface area (TPSA) is 59.3 Å². The Morgan fingerprint density at radius 2 is 2.18 bits per heavy atom. The number of rotatable bonds is 3. The van der Waals surface area contributed by atoms with Crippen LogP contribution in [0.25, 0.3) is 5.57 Å². The van der Waals surface area contributed by atoms with E-state index >= 15 is 0 Å². The fraction of sp³-hybridized carbons (Fsp3) is 0.188. The molecule has 0 N–H and O–H groups in total. The van der Waals surface area contributed by atoms with Crippen molar-refractivity contribution in [3.05, 3.63) is 69.5 Å². The lowest BCUT2D eigenvalue weighted by Gasteiger charge is -2.29.